The lowest BCUT2D eigenvalue weighted by atomic mass is 9.66. The minimum absolute atomic E-state index is 0.515. The molecule has 7 rings (SSSR count). The smallest absolute Gasteiger partial charge is 0.0720 e. The number of hydrogen-bond donors (Lipinski definition) is 0. The second kappa shape index (κ2) is 9.17. The topological polar surface area (TPSA) is 0 Å². The van der Waals surface area contributed by atoms with Crippen LogP contribution < -0.4 is 0 Å². The van der Waals surface area contributed by atoms with Crippen molar-refractivity contribution in [1.82, 2.24) is 0 Å². The molecule has 0 aliphatic heterocycles. The van der Waals surface area contributed by atoms with Crippen LogP contribution in [0.5, 0.6) is 0 Å². The van der Waals surface area contributed by atoms with E-state index in [0.717, 1.165) is 5.02 Å². The average molecular weight is 505 g/mol. The Morgan fingerprint density at radius 1 is 0.395 bits per heavy atom. The van der Waals surface area contributed by atoms with E-state index in [-0.39, 0.29) is 0 Å². The molecule has 0 N–H and O–H groups in total. The van der Waals surface area contributed by atoms with Crippen LogP contribution in [-0.4, -0.2) is 0 Å². The lowest BCUT2D eigenvalue weighted by Crippen LogP contribution is -2.29. The van der Waals surface area contributed by atoms with Gasteiger partial charge in [-0.25, -0.2) is 0 Å². The fourth-order valence-corrected chi connectivity index (χ4v) is 6.41. The highest BCUT2D eigenvalue weighted by Gasteiger charge is 2.48. The van der Waals surface area contributed by atoms with Gasteiger partial charge >= 0.3 is 0 Å². The predicted octanol–water partition coefficient (Wildman–Crippen LogP) is 10.0. The molecule has 0 unspecified atom stereocenters. The lowest BCUT2D eigenvalue weighted by Gasteiger charge is -2.35. The van der Waals surface area contributed by atoms with Gasteiger partial charge in [-0.3, -0.25) is 0 Å². The zero-order chi connectivity index (χ0) is 25.5. The molecule has 0 atom stereocenters. The van der Waals surface area contributed by atoms with Crippen LogP contribution in [0.15, 0.2) is 152 Å². The zero-order valence-corrected chi connectivity index (χ0v) is 21.6. The Hall–Kier alpha value is -4.39. The van der Waals surface area contributed by atoms with Crippen molar-refractivity contribution < 1.29 is 0 Å². The fraction of sp³-hybridized carbons (Fsp3) is 0.0270. The predicted molar refractivity (Wildman–Crippen MR) is 160 cm³/mol. The van der Waals surface area contributed by atoms with E-state index in [2.05, 4.69) is 146 Å². The second-order valence-corrected chi connectivity index (χ2v) is 10.3. The molecule has 38 heavy (non-hydrogen) atoms. The van der Waals surface area contributed by atoms with E-state index >= 15 is 0 Å². The molecule has 6 aromatic carbocycles. The third-order valence-corrected chi connectivity index (χ3v) is 8.03. The average Bonchev–Trinajstić information content (AvgIpc) is 3.28. The minimum atomic E-state index is -0.515. The highest BCUT2D eigenvalue weighted by Crippen LogP contribution is 2.59. The summed E-state index contributed by atoms with van der Waals surface area (Å²) in [5.74, 6) is 0. The molecule has 0 fully saturated rings. The first kappa shape index (κ1) is 22.8. The van der Waals surface area contributed by atoms with Crippen molar-refractivity contribution in [3.63, 3.8) is 0 Å². The summed E-state index contributed by atoms with van der Waals surface area (Å²) in [7, 11) is 0. The Morgan fingerprint density at radius 3 is 1.47 bits per heavy atom. The molecule has 1 heteroatoms. The van der Waals surface area contributed by atoms with Gasteiger partial charge in [-0.2, -0.15) is 0 Å². The van der Waals surface area contributed by atoms with E-state index in [4.69, 9.17) is 11.6 Å². The maximum Gasteiger partial charge on any atom is 0.0720 e. The van der Waals surface area contributed by atoms with Gasteiger partial charge in [0.15, 0.2) is 0 Å². The van der Waals surface area contributed by atoms with Crippen LogP contribution in [0.2, 0.25) is 5.02 Å². The van der Waals surface area contributed by atoms with Gasteiger partial charge in [-0.15, -0.1) is 0 Å². The van der Waals surface area contributed by atoms with Gasteiger partial charge < -0.3 is 0 Å². The summed E-state index contributed by atoms with van der Waals surface area (Å²) >= 11 is 6.75. The van der Waals surface area contributed by atoms with E-state index in [1.54, 1.807) is 0 Å². The van der Waals surface area contributed by atoms with E-state index in [0.29, 0.717) is 0 Å². The third-order valence-electron chi connectivity index (χ3n) is 7.79. The second-order valence-electron chi connectivity index (χ2n) is 9.85. The number of hydrogen-bond acceptors (Lipinski definition) is 0. The van der Waals surface area contributed by atoms with Crippen molar-refractivity contribution in [2.75, 3.05) is 0 Å². The number of halogens is 1. The number of fused-ring (bicyclic) bond motifs is 3. The lowest BCUT2D eigenvalue weighted by molar-refractivity contribution is 0.770. The van der Waals surface area contributed by atoms with Crippen LogP contribution in [0.25, 0.3) is 33.4 Å². The fourth-order valence-electron chi connectivity index (χ4n) is 6.24. The SMILES string of the molecule is Clc1ccc2c(c1)C(c1ccccc1)(c1ccccc1)c1c(-c3ccccc3)cc(-c3ccccc3)cc1-2. The van der Waals surface area contributed by atoms with Crippen LogP contribution >= 0.6 is 11.6 Å². The van der Waals surface area contributed by atoms with Gasteiger partial charge in [0.1, 0.15) is 0 Å². The summed E-state index contributed by atoms with van der Waals surface area (Å²) in [6.45, 7) is 0. The number of benzene rings is 6. The largest absolute Gasteiger partial charge is 0.0843 e. The Bertz CT molecular complexity index is 1700. The van der Waals surface area contributed by atoms with Crippen molar-refractivity contribution >= 4 is 11.6 Å². The van der Waals surface area contributed by atoms with Gasteiger partial charge in [0.25, 0.3) is 0 Å². The van der Waals surface area contributed by atoms with Crippen molar-refractivity contribution in [3.8, 4) is 33.4 Å². The molecule has 0 saturated carbocycles. The molecule has 0 spiro atoms. The van der Waals surface area contributed by atoms with Gasteiger partial charge in [0, 0.05) is 5.02 Å². The van der Waals surface area contributed by atoms with Crippen LogP contribution in [0, 0.1) is 0 Å². The molecule has 0 saturated heterocycles. The highest BCUT2D eigenvalue weighted by molar-refractivity contribution is 6.30. The first-order valence-electron chi connectivity index (χ1n) is 13.0. The summed E-state index contributed by atoms with van der Waals surface area (Å²) in [5.41, 5.74) is 11.8. The molecule has 1 aliphatic rings. The van der Waals surface area contributed by atoms with Crippen molar-refractivity contribution in [1.29, 1.82) is 0 Å². The van der Waals surface area contributed by atoms with Crippen molar-refractivity contribution in [2.24, 2.45) is 0 Å². The molecular formula is C37H25Cl. The maximum absolute atomic E-state index is 6.75. The summed E-state index contributed by atoms with van der Waals surface area (Å²) in [6, 6.07) is 54.4. The molecule has 180 valence electrons. The summed E-state index contributed by atoms with van der Waals surface area (Å²) in [4.78, 5) is 0. The Morgan fingerprint density at radius 2 is 0.895 bits per heavy atom. The molecular weight excluding hydrogens is 480 g/mol. The maximum atomic E-state index is 6.75. The molecule has 0 aromatic heterocycles. The van der Waals surface area contributed by atoms with Crippen molar-refractivity contribution in [2.45, 2.75) is 5.41 Å². The van der Waals surface area contributed by atoms with E-state index in [1.807, 2.05) is 6.07 Å². The molecule has 0 radical (unpaired) electrons. The van der Waals surface area contributed by atoms with E-state index in [1.165, 1.54) is 55.6 Å². The Balaban J connectivity index is 1.69. The van der Waals surface area contributed by atoms with Gasteiger partial charge in [-0.1, -0.05) is 139 Å². The van der Waals surface area contributed by atoms with Gasteiger partial charge in [-0.05, 0) is 79.9 Å². The third kappa shape index (κ3) is 3.45. The van der Waals surface area contributed by atoms with Crippen LogP contribution in [0.1, 0.15) is 22.3 Å². The van der Waals surface area contributed by atoms with Gasteiger partial charge in [0.2, 0.25) is 0 Å². The van der Waals surface area contributed by atoms with Gasteiger partial charge in [0.05, 0.1) is 5.41 Å². The standard InChI is InChI=1S/C37H25Cl/c38-31-21-22-32-34-24-28(26-13-5-1-6-14-26)23-33(27-15-7-2-8-16-27)36(34)37(35(32)25-31,29-17-9-3-10-18-29)30-19-11-4-12-20-30/h1-25H. The Labute approximate surface area is 228 Å². The Kier molecular flexibility index (Phi) is 5.50. The zero-order valence-electron chi connectivity index (χ0n) is 20.8. The summed E-state index contributed by atoms with van der Waals surface area (Å²) in [5, 5.41) is 0.748. The molecule has 0 heterocycles. The first-order chi connectivity index (χ1) is 18.8. The quantitative estimate of drug-likeness (QED) is 0.223. The van der Waals surface area contributed by atoms with E-state index < -0.39 is 5.41 Å². The first-order valence-corrected chi connectivity index (χ1v) is 13.4. The van der Waals surface area contributed by atoms with E-state index in [9.17, 15) is 0 Å². The summed E-state index contributed by atoms with van der Waals surface area (Å²) in [6.07, 6.45) is 0. The number of rotatable bonds is 4. The highest BCUT2D eigenvalue weighted by atomic mass is 35.5. The van der Waals surface area contributed by atoms with Crippen LogP contribution in [-0.2, 0) is 5.41 Å². The molecule has 1 aliphatic carbocycles. The minimum Gasteiger partial charge on any atom is -0.0843 e. The normalized spacial score (nSPS) is 13.1. The van der Waals surface area contributed by atoms with Crippen LogP contribution in [0.3, 0.4) is 0 Å². The molecule has 6 aromatic rings. The molecule has 0 amide bonds. The monoisotopic (exact) mass is 504 g/mol. The van der Waals surface area contributed by atoms with Crippen LogP contribution in [0.4, 0.5) is 0 Å². The van der Waals surface area contributed by atoms with Crippen molar-refractivity contribution in [3.05, 3.63) is 179 Å². The molecule has 0 nitrogen and oxygen atoms in total. The summed E-state index contributed by atoms with van der Waals surface area (Å²) < 4.78 is 0. The molecule has 0 bridgehead atoms.